The predicted molar refractivity (Wildman–Crippen MR) is 93.7 cm³/mol. The molecule has 0 aliphatic carbocycles. The number of carbonyl (C=O) groups excluding carboxylic acids is 2. The van der Waals surface area contributed by atoms with Gasteiger partial charge in [0.2, 0.25) is 11.8 Å². The van der Waals surface area contributed by atoms with E-state index in [0.29, 0.717) is 39.0 Å². The fourth-order valence-corrected chi connectivity index (χ4v) is 2.96. The number of likely N-dealkylation sites (N-methyl/N-ethyl adjacent to an activating group) is 1. The smallest absolute Gasteiger partial charge is 0.227 e. The van der Waals surface area contributed by atoms with Gasteiger partial charge in [0, 0.05) is 26.1 Å². The highest BCUT2D eigenvalue weighted by Crippen LogP contribution is 2.20. The second kappa shape index (κ2) is 9.20. The van der Waals surface area contributed by atoms with E-state index in [1.165, 1.54) is 6.07 Å². The number of piperidine rings is 1. The number of para-hydroxylation sites is 1. The van der Waals surface area contributed by atoms with Gasteiger partial charge in [-0.05, 0) is 25.5 Å². The van der Waals surface area contributed by atoms with E-state index in [4.69, 9.17) is 4.74 Å². The van der Waals surface area contributed by atoms with Crippen LogP contribution in [0.4, 0.5) is 4.39 Å². The number of rotatable bonds is 8. The van der Waals surface area contributed by atoms with Gasteiger partial charge in [-0.3, -0.25) is 9.59 Å². The first kappa shape index (κ1) is 19.0. The van der Waals surface area contributed by atoms with E-state index >= 15 is 0 Å². The number of nitrogens with zero attached hydrogens (tertiary/aromatic N) is 2. The van der Waals surface area contributed by atoms with Crippen LogP contribution in [0.3, 0.4) is 0 Å². The molecule has 0 bridgehead atoms. The molecule has 0 spiro atoms. The minimum absolute atomic E-state index is 0.0150. The van der Waals surface area contributed by atoms with Gasteiger partial charge in [0.25, 0.3) is 0 Å². The summed E-state index contributed by atoms with van der Waals surface area (Å²) in [5.41, 5.74) is 0. The summed E-state index contributed by atoms with van der Waals surface area (Å²) >= 11 is 0. The van der Waals surface area contributed by atoms with Crippen molar-refractivity contribution in [3.8, 4) is 5.75 Å². The molecule has 6 heteroatoms. The largest absolute Gasteiger partial charge is 0.489 e. The first-order valence-electron chi connectivity index (χ1n) is 8.61. The van der Waals surface area contributed by atoms with Crippen LogP contribution < -0.4 is 4.74 Å². The zero-order chi connectivity index (χ0) is 18.2. The predicted octanol–water partition coefficient (Wildman–Crippen LogP) is 2.48. The number of ether oxygens (including phenoxy) is 1. The quantitative estimate of drug-likeness (QED) is 0.678. The van der Waals surface area contributed by atoms with Gasteiger partial charge < -0.3 is 14.5 Å². The van der Waals surface area contributed by atoms with E-state index in [2.05, 4.69) is 6.58 Å². The van der Waals surface area contributed by atoms with Gasteiger partial charge in [-0.1, -0.05) is 18.2 Å². The zero-order valence-electron chi connectivity index (χ0n) is 14.6. The van der Waals surface area contributed by atoms with Crippen molar-refractivity contribution in [2.75, 3.05) is 32.8 Å². The molecular formula is C19H25FN2O3. The van der Waals surface area contributed by atoms with Crippen molar-refractivity contribution in [1.29, 1.82) is 0 Å². The summed E-state index contributed by atoms with van der Waals surface area (Å²) in [5.74, 6) is -0.351. The van der Waals surface area contributed by atoms with Crippen LogP contribution in [0.5, 0.6) is 5.75 Å². The summed E-state index contributed by atoms with van der Waals surface area (Å²) < 4.78 is 19.0. The lowest BCUT2D eigenvalue weighted by Gasteiger charge is -2.34. The second-order valence-corrected chi connectivity index (χ2v) is 6.02. The van der Waals surface area contributed by atoms with Crippen molar-refractivity contribution in [2.45, 2.75) is 19.8 Å². The van der Waals surface area contributed by atoms with Gasteiger partial charge in [-0.25, -0.2) is 4.39 Å². The van der Waals surface area contributed by atoms with E-state index in [0.717, 1.165) is 0 Å². The Kier molecular flexibility index (Phi) is 6.98. The first-order chi connectivity index (χ1) is 12.1. The van der Waals surface area contributed by atoms with Crippen molar-refractivity contribution in [3.05, 3.63) is 42.7 Å². The molecule has 1 heterocycles. The summed E-state index contributed by atoms with van der Waals surface area (Å²) in [7, 11) is 0. The Labute approximate surface area is 148 Å². The maximum Gasteiger partial charge on any atom is 0.227 e. The van der Waals surface area contributed by atoms with Crippen molar-refractivity contribution in [3.63, 3.8) is 0 Å². The van der Waals surface area contributed by atoms with Gasteiger partial charge in [0.1, 0.15) is 6.61 Å². The maximum atomic E-state index is 13.5. The standard InChI is InChI=1S/C19H25FN2O3/c1-3-11-22-14-15(9-10-18(22)23)19(24)21(4-2)12-13-25-17-8-6-5-7-16(17)20/h3,5-8,15H,1,4,9-14H2,2H3. The number of amides is 2. The van der Waals surface area contributed by atoms with Crippen LogP contribution in [0.1, 0.15) is 19.8 Å². The lowest BCUT2D eigenvalue weighted by Crippen LogP contribution is -2.47. The van der Waals surface area contributed by atoms with E-state index in [9.17, 15) is 14.0 Å². The lowest BCUT2D eigenvalue weighted by molar-refractivity contribution is -0.142. The summed E-state index contributed by atoms with van der Waals surface area (Å²) in [5, 5.41) is 0. The zero-order valence-corrected chi connectivity index (χ0v) is 14.6. The van der Waals surface area contributed by atoms with Crippen molar-refractivity contribution < 1.29 is 18.7 Å². The Balaban J connectivity index is 1.88. The number of likely N-dealkylation sites (tertiary alicyclic amines) is 1. The fourth-order valence-electron chi connectivity index (χ4n) is 2.96. The molecule has 136 valence electrons. The van der Waals surface area contributed by atoms with Gasteiger partial charge in [-0.15, -0.1) is 6.58 Å². The number of carbonyl (C=O) groups is 2. The molecular weight excluding hydrogens is 323 g/mol. The highest BCUT2D eigenvalue weighted by molar-refractivity contribution is 5.84. The lowest BCUT2D eigenvalue weighted by atomic mass is 9.96. The summed E-state index contributed by atoms with van der Waals surface area (Å²) in [6, 6.07) is 6.20. The van der Waals surface area contributed by atoms with Crippen LogP contribution in [0.25, 0.3) is 0 Å². The highest BCUT2D eigenvalue weighted by atomic mass is 19.1. The molecule has 0 radical (unpaired) electrons. The van der Waals surface area contributed by atoms with Crippen LogP contribution in [0.15, 0.2) is 36.9 Å². The van der Waals surface area contributed by atoms with Gasteiger partial charge in [0.15, 0.2) is 11.6 Å². The fraction of sp³-hybridized carbons (Fsp3) is 0.474. The Bertz CT molecular complexity index is 620. The molecule has 1 unspecified atom stereocenters. The van der Waals surface area contributed by atoms with Crippen LogP contribution in [0, 0.1) is 11.7 Å². The van der Waals surface area contributed by atoms with Gasteiger partial charge >= 0.3 is 0 Å². The molecule has 5 nitrogen and oxygen atoms in total. The molecule has 1 atom stereocenters. The van der Waals surface area contributed by atoms with Crippen molar-refractivity contribution >= 4 is 11.8 Å². The summed E-state index contributed by atoms with van der Waals surface area (Å²) in [6.45, 7) is 7.59. The molecule has 2 amide bonds. The molecule has 1 aromatic carbocycles. The Morgan fingerprint density at radius 1 is 1.48 bits per heavy atom. The van der Waals surface area contributed by atoms with E-state index in [1.54, 1.807) is 34.1 Å². The number of halogens is 1. The number of benzene rings is 1. The van der Waals surface area contributed by atoms with Gasteiger partial charge in [-0.2, -0.15) is 0 Å². The highest BCUT2D eigenvalue weighted by Gasteiger charge is 2.31. The average molecular weight is 348 g/mol. The molecule has 0 aromatic heterocycles. The van der Waals surface area contributed by atoms with Crippen molar-refractivity contribution in [1.82, 2.24) is 9.80 Å². The molecule has 0 saturated carbocycles. The number of hydrogen-bond acceptors (Lipinski definition) is 3. The third-order valence-corrected chi connectivity index (χ3v) is 4.35. The molecule has 1 aliphatic rings. The molecule has 1 aliphatic heterocycles. The second-order valence-electron chi connectivity index (χ2n) is 6.02. The van der Waals surface area contributed by atoms with Crippen molar-refractivity contribution in [2.24, 2.45) is 5.92 Å². The Morgan fingerprint density at radius 2 is 2.24 bits per heavy atom. The maximum absolute atomic E-state index is 13.5. The monoisotopic (exact) mass is 348 g/mol. The summed E-state index contributed by atoms with van der Waals surface area (Å²) in [4.78, 5) is 27.9. The minimum atomic E-state index is -0.414. The molecule has 1 saturated heterocycles. The third kappa shape index (κ3) is 5.05. The summed E-state index contributed by atoms with van der Waals surface area (Å²) in [6.07, 6.45) is 2.62. The van der Waals surface area contributed by atoms with Crippen LogP contribution in [-0.2, 0) is 9.59 Å². The number of hydrogen-bond donors (Lipinski definition) is 0. The molecule has 2 rings (SSSR count). The Hall–Kier alpha value is -2.37. The normalized spacial score (nSPS) is 17.3. The molecule has 0 N–H and O–H groups in total. The first-order valence-corrected chi connectivity index (χ1v) is 8.61. The minimum Gasteiger partial charge on any atom is -0.489 e. The van der Waals surface area contributed by atoms with Crippen LogP contribution >= 0.6 is 0 Å². The molecule has 1 fully saturated rings. The van der Waals surface area contributed by atoms with E-state index in [1.807, 2.05) is 6.92 Å². The molecule has 25 heavy (non-hydrogen) atoms. The SMILES string of the molecule is C=CCN1CC(C(=O)N(CC)CCOc2ccccc2F)CCC1=O. The van der Waals surface area contributed by atoms with Crippen LogP contribution in [-0.4, -0.2) is 54.4 Å². The topological polar surface area (TPSA) is 49.9 Å². The van der Waals surface area contributed by atoms with Crippen LogP contribution in [0.2, 0.25) is 0 Å². The molecule has 1 aromatic rings. The van der Waals surface area contributed by atoms with Gasteiger partial charge in [0.05, 0.1) is 12.5 Å². The Morgan fingerprint density at radius 3 is 2.92 bits per heavy atom. The van der Waals surface area contributed by atoms with E-state index < -0.39 is 5.82 Å². The average Bonchev–Trinajstić information content (AvgIpc) is 2.62. The third-order valence-electron chi connectivity index (χ3n) is 4.35. The van der Waals surface area contributed by atoms with E-state index in [-0.39, 0.29) is 30.1 Å².